The van der Waals surface area contributed by atoms with E-state index in [0.29, 0.717) is 17.8 Å². The number of hydrogen-bond donors (Lipinski definition) is 2. The monoisotopic (exact) mass is 428 g/mol. The first-order chi connectivity index (χ1) is 14.9. The minimum absolute atomic E-state index is 0.236. The third kappa shape index (κ3) is 3.17. The van der Waals surface area contributed by atoms with Gasteiger partial charge in [-0.05, 0) is 25.1 Å². The Morgan fingerprint density at radius 3 is 2.97 bits per heavy atom. The van der Waals surface area contributed by atoms with Crippen LogP contribution in [0.25, 0.3) is 5.52 Å². The van der Waals surface area contributed by atoms with Crippen LogP contribution < -0.4 is 0 Å². The summed E-state index contributed by atoms with van der Waals surface area (Å²) in [5.74, 6) is -1.68. The number of aromatic nitrogens is 5. The maximum atomic E-state index is 13.6. The molecule has 0 bridgehead atoms. The van der Waals surface area contributed by atoms with E-state index >= 15 is 0 Å². The zero-order chi connectivity index (χ0) is 21.7. The second kappa shape index (κ2) is 7.27. The third-order valence-electron chi connectivity index (χ3n) is 5.28. The molecular formula is C20H18F2N6O3. The lowest BCUT2D eigenvalue weighted by atomic mass is 9.99. The summed E-state index contributed by atoms with van der Waals surface area (Å²) in [7, 11) is 0. The van der Waals surface area contributed by atoms with Gasteiger partial charge in [0.25, 0.3) is 12.3 Å². The highest BCUT2D eigenvalue weighted by Gasteiger charge is 2.39. The zero-order valence-electron chi connectivity index (χ0n) is 16.4. The lowest BCUT2D eigenvalue weighted by Crippen LogP contribution is -2.41. The Bertz CT molecular complexity index is 1230. The molecule has 2 N–H and O–H groups in total. The van der Waals surface area contributed by atoms with Gasteiger partial charge in [-0.2, -0.15) is 5.10 Å². The molecule has 0 saturated heterocycles. The predicted octanol–water partition coefficient (Wildman–Crippen LogP) is 2.82. The van der Waals surface area contributed by atoms with E-state index in [1.807, 2.05) is 24.3 Å². The van der Waals surface area contributed by atoms with Gasteiger partial charge in [0.15, 0.2) is 5.69 Å². The molecular weight excluding hydrogens is 410 g/mol. The Kier molecular flexibility index (Phi) is 4.54. The number of pyridine rings is 1. The van der Waals surface area contributed by atoms with Gasteiger partial charge < -0.3 is 19.4 Å². The number of halogens is 2. The second-order valence-corrected chi connectivity index (χ2v) is 7.30. The van der Waals surface area contributed by atoms with Crippen molar-refractivity contribution in [3.63, 3.8) is 0 Å². The van der Waals surface area contributed by atoms with Gasteiger partial charge in [0.05, 0.1) is 23.2 Å². The third-order valence-corrected chi connectivity index (χ3v) is 5.28. The molecule has 4 aromatic rings. The SMILES string of the molecule is C[C@H](O)c1nc(C(F)F)c(C(=O)N2CCc3[nH]cnc3[C@H]2c2cc3ccccn3n2)o1. The molecule has 2 atom stereocenters. The number of aromatic amines is 1. The number of fused-ring (bicyclic) bond motifs is 2. The van der Waals surface area contributed by atoms with Gasteiger partial charge >= 0.3 is 0 Å². The van der Waals surface area contributed by atoms with Crippen molar-refractivity contribution in [3.8, 4) is 0 Å². The molecule has 1 aliphatic rings. The largest absolute Gasteiger partial charge is 0.432 e. The van der Waals surface area contributed by atoms with Crippen LogP contribution in [0.5, 0.6) is 0 Å². The molecule has 0 aliphatic carbocycles. The minimum atomic E-state index is -3.03. The van der Waals surface area contributed by atoms with E-state index in [-0.39, 0.29) is 12.4 Å². The summed E-state index contributed by atoms with van der Waals surface area (Å²) >= 11 is 0. The number of nitrogens with zero attached hydrogens (tertiary/aromatic N) is 5. The Morgan fingerprint density at radius 1 is 1.39 bits per heavy atom. The quantitative estimate of drug-likeness (QED) is 0.517. The highest BCUT2D eigenvalue weighted by molar-refractivity contribution is 5.93. The maximum Gasteiger partial charge on any atom is 0.292 e. The first-order valence-electron chi connectivity index (χ1n) is 9.68. The standard InChI is InChI=1S/C20H18F2N6O3/c1-10(29)19-25-15(18(21)22)17(31-19)20(30)27-7-5-12-14(24-9-23-12)16(27)13-8-11-4-2-3-6-28(11)26-13/h2-4,6,8-10,16,18,29H,5,7H2,1H3,(H,23,24)/t10-,16+/m0/s1. The number of alkyl halides is 2. The van der Waals surface area contributed by atoms with E-state index in [1.165, 1.54) is 18.2 Å². The van der Waals surface area contributed by atoms with Crippen LogP contribution in [0.2, 0.25) is 0 Å². The van der Waals surface area contributed by atoms with Gasteiger partial charge in [-0.3, -0.25) is 4.79 Å². The topological polar surface area (TPSA) is 113 Å². The van der Waals surface area contributed by atoms with Crippen LogP contribution in [0.4, 0.5) is 8.78 Å². The first-order valence-corrected chi connectivity index (χ1v) is 9.68. The molecule has 0 fully saturated rings. The smallest absolute Gasteiger partial charge is 0.292 e. The predicted molar refractivity (Wildman–Crippen MR) is 102 cm³/mol. The van der Waals surface area contributed by atoms with E-state index < -0.39 is 35.9 Å². The number of oxazole rings is 1. The Hall–Kier alpha value is -3.60. The minimum Gasteiger partial charge on any atom is -0.432 e. The lowest BCUT2D eigenvalue weighted by Gasteiger charge is -2.33. The molecule has 5 heterocycles. The highest BCUT2D eigenvalue weighted by atomic mass is 19.3. The van der Waals surface area contributed by atoms with Gasteiger partial charge in [0.2, 0.25) is 11.7 Å². The summed E-state index contributed by atoms with van der Waals surface area (Å²) in [4.78, 5) is 25.9. The Labute approximate surface area is 174 Å². The normalized spacial score (nSPS) is 17.3. The summed E-state index contributed by atoms with van der Waals surface area (Å²) in [6.07, 6.45) is -0.486. The fraction of sp³-hybridized carbons (Fsp3) is 0.300. The molecule has 9 nitrogen and oxygen atoms in total. The molecule has 160 valence electrons. The van der Waals surface area contributed by atoms with E-state index in [2.05, 4.69) is 20.1 Å². The van der Waals surface area contributed by atoms with Crippen LogP contribution in [0, 0.1) is 0 Å². The second-order valence-electron chi connectivity index (χ2n) is 7.30. The van der Waals surface area contributed by atoms with Gasteiger partial charge in [-0.15, -0.1) is 0 Å². The number of carbonyl (C=O) groups is 1. The average Bonchev–Trinajstić information content (AvgIpc) is 3.49. The fourth-order valence-electron chi connectivity index (χ4n) is 3.85. The summed E-state index contributed by atoms with van der Waals surface area (Å²) < 4.78 is 34.1. The van der Waals surface area contributed by atoms with Crippen LogP contribution in [0.3, 0.4) is 0 Å². The Balaban J connectivity index is 1.61. The number of amides is 1. The number of hydrogen-bond acceptors (Lipinski definition) is 6. The average molecular weight is 428 g/mol. The fourth-order valence-corrected chi connectivity index (χ4v) is 3.85. The van der Waals surface area contributed by atoms with Gasteiger partial charge in [-0.25, -0.2) is 23.3 Å². The van der Waals surface area contributed by atoms with Crippen molar-refractivity contribution >= 4 is 11.4 Å². The van der Waals surface area contributed by atoms with Crippen LogP contribution in [-0.2, 0) is 6.42 Å². The summed E-state index contributed by atoms with van der Waals surface area (Å²) in [5, 5.41) is 14.3. The van der Waals surface area contributed by atoms with Crippen molar-refractivity contribution < 1.29 is 23.1 Å². The Morgan fingerprint density at radius 2 is 2.23 bits per heavy atom. The molecule has 0 aromatic carbocycles. The molecule has 31 heavy (non-hydrogen) atoms. The van der Waals surface area contributed by atoms with Crippen LogP contribution in [0.1, 0.15) is 64.7 Å². The molecule has 0 unspecified atom stereocenters. The van der Waals surface area contributed by atoms with Crippen molar-refractivity contribution in [2.45, 2.75) is 31.9 Å². The number of aliphatic hydroxyl groups excluding tert-OH is 1. The van der Waals surface area contributed by atoms with E-state index in [4.69, 9.17) is 4.42 Å². The van der Waals surface area contributed by atoms with Gasteiger partial charge in [0.1, 0.15) is 12.1 Å². The molecule has 1 aliphatic heterocycles. The molecule has 0 radical (unpaired) electrons. The summed E-state index contributed by atoms with van der Waals surface area (Å²) in [5.41, 5.74) is 2.01. The maximum absolute atomic E-state index is 13.6. The van der Waals surface area contributed by atoms with Crippen molar-refractivity contribution in [3.05, 3.63) is 71.2 Å². The number of H-pyrrole nitrogens is 1. The van der Waals surface area contributed by atoms with Crippen molar-refractivity contribution in [1.29, 1.82) is 0 Å². The number of nitrogens with one attached hydrogen (secondary N) is 1. The van der Waals surface area contributed by atoms with Crippen molar-refractivity contribution in [2.24, 2.45) is 0 Å². The number of carbonyl (C=O) groups excluding carboxylic acids is 1. The number of aliphatic hydroxyl groups is 1. The van der Waals surface area contributed by atoms with Crippen LogP contribution in [0.15, 0.2) is 41.2 Å². The molecule has 0 spiro atoms. The molecule has 1 amide bonds. The van der Waals surface area contributed by atoms with Crippen molar-refractivity contribution in [1.82, 2.24) is 29.5 Å². The number of rotatable bonds is 4. The lowest BCUT2D eigenvalue weighted by molar-refractivity contribution is 0.0631. The van der Waals surface area contributed by atoms with Gasteiger partial charge in [-0.1, -0.05) is 6.07 Å². The first kappa shape index (κ1) is 19.4. The van der Waals surface area contributed by atoms with Crippen LogP contribution in [-0.4, -0.2) is 47.0 Å². The van der Waals surface area contributed by atoms with Crippen molar-refractivity contribution in [2.75, 3.05) is 6.54 Å². The molecule has 4 aromatic heterocycles. The van der Waals surface area contributed by atoms with E-state index in [0.717, 1.165) is 11.2 Å². The molecule has 0 saturated carbocycles. The summed E-state index contributed by atoms with van der Waals surface area (Å²) in [6, 6.07) is 6.69. The highest BCUT2D eigenvalue weighted by Crippen LogP contribution is 2.36. The van der Waals surface area contributed by atoms with E-state index in [9.17, 15) is 18.7 Å². The van der Waals surface area contributed by atoms with Crippen LogP contribution >= 0.6 is 0 Å². The zero-order valence-corrected chi connectivity index (χ0v) is 16.4. The molecule has 5 rings (SSSR count). The van der Waals surface area contributed by atoms with Gasteiger partial charge in [0, 0.05) is 24.9 Å². The summed E-state index contributed by atoms with van der Waals surface area (Å²) in [6.45, 7) is 1.56. The number of imidazole rings is 1. The molecule has 11 heteroatoms. The van der Waals surface area contributed by atoms with E-state index in [1.54, 1.807) is 10.7 Å².